The third kappa shape index (κ3) is 6.50. The van der Waals surface area contributed by atoms with E-state index in [1.807, 2.05) is 12.1 Å². The van der Waals surface area contributed by atoms with Crippen molar-refractivity contribution in [3.8, 4) is 11.5 Å². The predicted molar refractivity (Wildman–Crippen MR) is 114 cm³/mol. The molecule has 7 heteroatoms. The molecule has 2 aliphatic rings. The van der Waals surface area contributed by atoms with Crippen LogP contribution in [-0.2, 0) is 11.2 Å². The first-order valence-electron chi connectivity index (χ1n) is 9.22. The second kappa shape index (κ2) is 10.8. The molecule has 0 aromatic heterocycles. The lowest BCUT2D eigenvalue weighted by molar-refractivity contribution is 0.115. The van der Waals surface area contributed by atoms with E-state index in [0.717, 1.165) is 62.6 Å². The van der Waals surface area contributed by atoms with Crippen molar-refractivity contribution in [1.29, 1.82) is 0 Å². The molecule has 1 saturated carbocycles. The van der Waals surface area contributed by atoms with Crippen LogP contribution in [-0.4, -0.2) is 57.5 Å². The van der Waals surface area contributed by atoms with Crippen molar-refractivity contribution in [2.75, 3.05) is 46.7 Å². The van der Waals surface area contributed by atoms with Gasteiger partial charge in [-0.05, 0) is 49.8 Å². The summed E-state index contributed by atoms with van der Waals surface area (Å²) in [4.78, 5) is 6.87. The number of benzene rings is 1. The van der Waals surface area contributed by atoms with Crippen molar-refractivity contribution in [3.05, 3.63) is 23.8 Å². The Hall–Kier alpha value is -1.22. The SMILES string of the molecule is CCNC(=NCCc1ccc2c(c1)OCO2)N(C)CCOCC1CC1.I. The zero-order chi connectivity index (χ0) is 17.5. The van der Waals surface area contributed by atoms with Gasteiger partial charge in [-0.15, -0.1) is 24.0 Å². The van der Waals surface area contributed by atoms with E-state index >= 15 is 0 Å². The first-order chi connectivity index (χ1) is 12.3. The minimum Gasteiger partial charge on any atom is -0.454 e. The van der Waals surface area contributed by atoms with Gasteiger partial charge < -0.3 is 24.4 Å². The van der Waals surface area contributed by atoms with Gasteiger partial charge in [-0.2, -0.15) is 0 Å². The summed E-state index contributed by atoms with van der Waals surface area (Å²) in [6, 6.07) is 6.08. The van der Waals surface area contributed by atoms with E-state index < -0.39 is 0 Å². The summed E-state index contributed by atoms with van der Waals surface area (Å²) in [5, 5.41) is 3.35. The molecular formula is C19H30IN3O3. The van der Waals surface area contributed by atoms with Crippen LogP contribution in [0.2, 0.25) is 0 Å². The van der Waals surface area contributed by atoms with Crippen molar-refractivity contribution < 1.29 is 14.2 Å². The Balaban J connectivity index is 0.00000243. The van der Waals surface area contributed by atoms with Gasteiger partial charge in [0.2, 0.25) is 6.79 Å². The Morgan fingerprint density at radius 3 is 2.88 bits per heavy atom. The summed E-state index contributed by atoms with van der Waals surface area (Å²) in [5.74, 6) is 3.40. The quantitative estimate of drug-likeness (QED) is 0.258. The minimum atomic E-state index is 0. The normalized spacial score (nSPS) is 15.5. The molecule has 0 bridgehead atoms. The highest BCUT2D eigenvalue weighted by atomic mass is 127. The van der Waals surface area contributed by atoms with Crippen LogP contribution in [0.3, 0.4) is 0 Å². The average Bonchev–Trinajstić information content (AvgIpc) is 3.33. The Morgan fingerprint density at radius 2 is 2.12 bits per heavy atom. The highest BCUT2D eigenvalue weighted by Crippen LogP contribution is 2.32. The van der Waals surface area contributed by atoms with Gasteiger partial charge in [-0.1, -0.05) is 6.07 Å². The van der Waals surface area contributed by atoms with Gasteiger partial charge in [0, 0.05) is 33.3 Å². The van der Waals surface area contributed by atoms with Crippen LogP contribution in [0, 0.1) is 5.92 Å². The number of aliphatic imine (C=N–C) groups is 1. The number of hydrogen-bond donors (Lipinski definition) is 1. The van der Waals surface area contributed by atoms with Gasteiger partial charge in [0.1, 0.15) is 0 Å². The van der Waals surface area contributed by atoms with Gasteiger partial charge in [-0.3, -0.25) is 4.99 Å². The number of nitrogens with zero attached hydrogens (tertiary/aromatic N) is 2. The zero-order valence-electron chi connectivity index (χ0n) is 15.7. The number of likely N-dealkylation sites (N-methyl/N-ethyl adjacent to an activating group) is 1. The molecule has 0 amide bonds. The molecule has 0 unspecified atom stereocenters. The van der Waals surface area contributed by atoms with E-state index in [-0.39, 0.29) is 24.0 Å². The molecule has 146 valence electrons. The summed E-state index contributed by atoms with van der Waals surface area (Å²) >= 11 is 0. The molecule has 1 fully saturated rings. The van der Waals surface area contributed by atoms with E-state index in [9.17, 15) is 0 Å². The largest absolute Gasteiger partial charge is 0.454 e. The van der Waals surface area contributed by atoms with Crippen molar-refractivity contribution in [2.45, 2.75) is 26.2 Å². The standard InChI is InChI=1S/C19H29N3O3.HI/c1-3-20-19(22(2)10-11-23-13-16-4-5-16)21-9-8-15-6-7-17-18(12-15)25-14-24-17;/h6-7,12,16H,3-5,8-11,13-14H2,1-2H3,(H,20,21);1H. The van der Waals surface area contributed by atoms with E-state index in [1.165, 1.54) is 18.4 Å². The first-order valence-corrected chi connectivity index (χ1v) is 9.22. The maximum absolute atomic E-state index is 5.72. The molecule has 6 nitrogen and oxygen atoms in total. The molecule has 0 radical (unpaired) electrons. The third-order valence-corrected chi connectivity index (χ3v) is 4.42. The van der Waals surface area contributed by atoms with Gasteiger partial charge in [-0.25, -0.2) is 0 Å². The molecule has 0 spiro atoms. The smallest absolute Gasteiger partial charge is 0.231 e. The van der Waals surface area contributed by atoms with Crippen LogP contribution >= 0.6 is 24.0 Å². The fourth-order valence-electron chi connectivity index (χ4n) is 2.70. The van der Waals surface area contributed by atoms with Gasteiger partial charge >= 0.3 is 0 Å². The van der Waals surface area contributed by atoms with Crippen LogP contribution in [0.15, 0.2) is 23.2 Å². The number of fused-ring (bicyclic) bond motifs is 1. The fourth-order valence-corrected chi connectivity index (χ4v) is 2.70. The molecule has 0 atom stereocenters. The summed E-state index contributed by atoms with van der Waals surface area (Å²) < 4.78 is 16.5. The minimum absolute atomic E-state index is 0. The van der Waals surface area contributed by atoms with Crippen LogP contribution in [0.5, 0.6) is 11.5 Å². The molecule has 26 heavy (non-hydrogen) atoms. The molecular weight excluding hydrogens is 445 g/mol. The molecule has 3 rings (SSSR count). The Bertz CT molecular complexity index is 593. The lowest BCUT2D eigenvalue weighted by Crippen LogP contribution is -2.40. The van der Waals surface area contributed by atoms with Crippen LogP contribution < -0.4 is 14.8 Å². The number of hydrogen-bond acceptors (Lipinski definition) is 4. The highest BCUT2D eigenvalue weighted by Gasteiger charge is 2.21. The van der Waals surface area contributed by atoms with Crippen LogP contribution in [0.25, 0.3) is 0 Å². The van der Waals surface area contributed by atoms with Crippen molar-refractivity contribution in [3.63, 3.8) is 0 Å². The van der Waals surface area contributed by atoms with Crippen LogP contribution in [0.4, 0.5) is 0 Å². The van der Waals surface area contributed by atoms with Gasteiger partial charge in [0.25, 0.3) is 0 Å². The molecule has 0 saturated heterocycles. The molecule has 1 aliphatic carbocycles. The Morgan fingerprint density at radius 1 is 1.31 bits per heavy atom. The van der Waals surface area contributed by atoms with E-state index in [4.69, 9.17) is 19.2 Å². The second-order valence-electron chi connectivity index (χ2n) is 6.61. The Labute approximate surface area is 173 Å². The zero-order valence-corrected chi connectivity index (χ0v) is 18.0. The molecule has 1 aromatic carbocycles. The monoisotopic (exact) mass is 475 g/mol. The topological polar surface area (TPSA) is 55.3 Å². The number of nitrogens with one attached hydrogen (secondary N) is 1. The Kier molecular flexibility index (Phi) is 8.77. The van der Waals surface area contributed by atoms with Gasteiger partial charge in [0.05, 0.1) is 6.61 Å². The number of ether oxygens (including phenoxy) is 3. The molecule has 1 N–H and O–H groups in total. The predicted octanol–water partition coefficient (Wildman–Crippen LogP) is 2.90. The number of rotatable bonds is 9. The van der Waals surface area contributed by atoms with Crippen molar-refractivity contribution in [2.24, 2.45) is 10.9 Å². The van der Waals surface area contributed by atoms with E-state index in [2.05, 4.69) is 30.3 Å². The molecule has 1 aromatic rings. The third-order valence-electron chi connectivity index (χ3n) is 4.42. The van der Waals surface area contributed by atoms with E-state index in [1.54, 1.807) is 0 Å². The number of halogens is 1. The number of guanidine groups is 1. The lowest BCUT2D eigenvalue weighted by atomic mass is 10.1. The summed E-state index contributed by atoms with van der Waals surface area (Å²) in [5.41, 5.74) is 1.21. The molecule has 1 heterocycles. The van der Waals surface area contributed by atoms with E-state index in [0.29, 0.717) is 6.79 Å². The lowest BCUT2D eigenvalue weighted by Gasteiger charge is -2.22. The van der Waals surface area contributed by atoms with Crippen molar-refractivity contribution >= 4 is 29.9 Å². The van der Waals surface area contributed by atoms with Crippen LogP contribution in [0.1, 0.15) is 25.3 Å². The maximum atomic E-state index is 5.72. The highest BCUT2D eigenvalue weighted by molar-refractivity contribution is 14.0. The summed E-state index contributed by atoms with van der Waals surface area (Å²) in [6.45, 7) is 6.50. The van der Waals surface area contributed by atoms with Gasteiger partial charge in [0.15, 0.2) is 17.5 Å². The average molecular weight is 475 g/mol. The first kappa shape index (κ1) is 21.1. The second-order valence-corrected chi connectivity index (χ2v) is 6.61. The summed E-state index contributed by atoms with van der Waals surface area (Å²) in [6.07, 6.45) is 3.54. The summed E-state index contributed by atoms with van der Waals surface area (Å²) in [7, 11) is 2.06. The molecule has 1 aliphatic heterocycles. The van der Waals surface area contributed by atoms with Crippen molar-refractivity contribution in [1.82, 2.24) is 10.2 Å². The fraction of sp³-hybridized carbons (Fsp3) is 0.632. The maximum Gasteiger partial charge on any atom is 0.231 e.